The number of piperidine rings is 1. The number of alkyl halides is 1. The maximum absolute atomic E-state index is 3.68. The number of likely N-dealkylation sites (tertiary alicyclic amines) is 1. The number of rotatable bonds is 3. The van der Waals surface area contributed by atoms with Gasteiger partial charge in [-0.25, -0.2) is 0 Å². The molecule has 2 heteroatoms. The van der Waals surface area contributed by atoms with Crippen LogP contribution in [0.15, 0.2) is 0 Å². The second-order valence-electron chi connectivity index (χ2n) is 4.25. The highest BCUT2D eigenvalue weighted by Crippen LogP contribution is 2.32. The lowest BCUT2D eigenvalue weighted by Crippen LogP contribution is -2.34. The van der Waals surface area contributed by atoms with Gasteiger partial charge in [0.1, 0.15) is 0 Å². The van der Waals surface area contributed by atoms with Crippen molar-refractivity contribution in [2.75, 3.05) is 19.6 Å². The van der Waals surface area contributed by atoms with Gasteiger partial charge >= 0.3 is 0 Å². The molecule has 70 valence electrons. The summed E-state index contributed by atoms with van der Waals surface area (Å²) in [4.78, 5) is 3.44. The molecule has 12 heavy (non-hydrogen) atoms. The van der Waals surface area contributed by atoms with Crippen LogP contribution < -0.4 is 0 Å². The monoisotopic (exact) mass is 231 g/mol. The zero-order valence-corrected chi connectivity index (χ0v) is 9.22. The average Bonchev–Trinajstić information content (AvgIpc) is 2.87. The highest BCUT2D eigenvalue weighted by Gasteiger charge is 2.23. The van der Waals surface area contributed by atoms with E-state index < -0.39 is 0 Å². The first-order valence-corrected chi connectivity index (χ1v) is 6.12. The van der Waals surface area contributed by atoms with E-state index in [1.165, 1.54) is 51.7 Å². The number of halogens is 1. The van der Waals surface area contributed by atoms with Crippen molar-refractivity contribution >= 4 is 15.9 Å². The minimum absolute atomic E-state index is 0.801. The van der Waals surface area contributed by atoms with Crippen LogP contribution in [0.3, 0.4) is 0 Å². The Hall–Kier alpha value is 0.440. The van der Waals surface area contributed by atoms with Gasteiger partial charge in [-0.15, -0.1) is 0 Å². The lowest BCUT2D eigenvalue weighted by Gasteiger charge is -2.29. The zero-order valence-electron chi connectivity index (χ0n) is 7.64. The first-order chi connectivity index (χ1) is 5.84. The topological polar surface area (TPSA) is 3.24 Å². The summed E-state index contributed by atoms with van der Waals surface area (Å²) >= 11 is 3.68. The Morgan fingerprint density at radius 1 is 1.08 bits per heavy atom. The van der Waals surface area contributed by atoms with E-state index in [0.29, 0.717) is 0 Å². The Morgan fingerprint density at radius 3 is 2.33 bits per heavy atom. The molecular formula is C10H18BrN. The number of hydrogen-bond donors (Lipinski definition) is 0. The minimum Gasteiger partial charge on any atom is -0.303 e. The van der Waals surface area contributed by atoms with Crippen molar-refractivity contribution in [3.63, 3.8) is 0 Å². The van der Waals surface area contributed by atoms with Gasteiger partial charge in [-0.05, 0) is 44.8 Å². The molecule has 1 saturated heterocycles. The first-order valence-electron chi connectivity index (χ1n) is 5.21. The van der Waals surface area contributed by atoms with Crippen LogP contribution in [-0.4, -0.2) is 29.4 Å². The van der Waals surface area contributed by atoms with Crippen LogP contribution in [0.5, 0.6) is 0 Å². The molecule has 0 amide bonds. The zero-order chi connectivity index (χ0) is 8.39. The maximum atomic E-state index is 3.68. The molecule has 1 saturated carbocycles. The molecule has 0 aromatic heterocycles. The van der Waals surface area contributed by atoms with E-state index in [-0.39, 0.29) is 0 Å². The summed E-state index contributed by atoms with van der Waals surface area (Å²) in [5, 5.41) is 0. The molecule has 0 spiro atoms. The third-order valence-corrected chi connectivity index (χ3v) is 3.98. The quantitative estimate of drug-likeness (QED) is 0.676. The smallest absolute Gasteiger partial charge is 0.0170 e. The summed E-state index contributed by atoms with van der Waals surface area (Å²) in [5.74, 6) is 1.10. The Bertz CT molecular complexity index is 137. The maximum Gasteiger partial charge on any atom is 0.0170 e. The van der Waals surface area contributed by atoms with Gasteiger partial charge in [0.2, 0.25) is 0 Å². The second kappa shape index (κ2) is 4.10. The highest BCUT2D eigenvalue weighted by molar-refractivity contribution is 9.09. The van der Waals surface area contributed by atoms with Gasteiger partial charge in [-0.3, -0.25) is 0 Å². The summed E-state index contributed by atoms with van der Waals surface area (Å²) in [5.41, 5.74) is 0. The Labute approximate surface area is 83.6 Å². The van der Waals surface area contributed by atoms with Crippen LogP contribution in [0.4, 0.5) is 0 Å². The summed E-state index contributed by atoms with van der Waals surface area (Å²) < 4.78 is 0. The Morgan fingerprint density at radius 2 is 1.75 bits per heavy atom. The highest BCUT2D eigenvalue weighted by atomic mass is 79.9. The lowest BCUT2D eigenvalue weighted by molar-refractivity contribution is 0.228. The van der Waals surface area contributed by atoms with Crippen LogP contribution >= 0.6 is 15.9 Å². The van der Waals surface area contributed by atoms with E-state index in [2.05, 4.69) is 20.8 Å². The van der Waals surface area contributed by atoms with Crippen molar-refractivity contribution in [1.29, 1.82) is 0 Å². The molecule has 0 aromatic rings. The molecule has 0 unspecified atom stereocenters. The molecule has 0 N–H and O–H groups in total. The number of nitrogens with zero attached hydrogens (tertiary/aromatic N) is 1. The predicted molar refractivity (Wildman–Crippen MR) is 55.7 cm³/mol. The summed E-state index contributed by atoms with van der Waals surface area (Å²) in [7, 11) is 0. The van der Waals surface area contributed by atoms with Crippen LogP contribution in [0.1, 0.15) is 32.1 Å². The van der Waals surface area contributed by atoms with E-state index in [1.807, 2.05) is 0 Å². The largest absolute Gasteiger partial charge is 0.303 e. The summed E-state index contributed by atoms with van der Waals surface area (Å²) in [6.45, 7) is 4.01. The SMILES string of the molecule is BrC1CCN(CCC2CC2)CC1. The Balaban J connectivity index is 1.60. The molecule has 1 nitrogen and oxygen atoms in total. The van der Waals surface area contributed by atoms with E-state index in [9.17, 15) is 0 Å². The van der Waals surface area contributed by atoms with E-state index >= 15 is 0 Å². The van der Waals surface area contributed by atoms with Crippen molar-refractivity contribution < 1.29 is 0 Å². The van der Waals surface area contributed by atoms with E-state index in [0.717, 1.165) is 10.7 Å². The van der Waals surface area contributed by atoms with Crippen LogP contribution in [0, 0.1) is 5.92 Å². The molecule has 1 aliphatic carbocycles. The van der Waals surface area contributed by atoms with Crippen LogP contribution in [-0.2, 0) is 0 Å². The molecule has 0 radical (unpaired) electrons. The van der Waals surface area contributed by atoms with Gasteiger partial charge in [0, 0.05) is 4.83 Å². The van der Waals surface area contributed by atoms with Gasteiger partial charge < -0.3 is 4.90 Å². The molecule has 0 bridgehead atoms. The average molecular weight is 232 g/mol. The third-order valence-electron chi connectivity index (χ3n) is 3.07. The standard InChI is InChI=1S/C10H18BrN/c11-10-4-7-12(8-5-10)6-3-9-1-2-9/h9-10H,1-8H2. The van der Waals surface area contributed by atoms with Crippen LogP contribution in [0.2, 0.25) is 0 Å². The molecule has 2 aliphatic rings. The predicted octanol–water partition coefficient (Wildman–Crippen LogP) is 2.65. The van der Waals surface area contributed by atoms with Gasteiger partial charge in [0.25, 0.3) is 0 Å². The van der Waals surface area contributed by atoms with E-state index in [1.54, 1.807) is 0 Å². The van der Waals surface area contributed by atoms with E-state index in [4.69, 9.17) is 0 Å². The molecule has 1 heterocycles. The molecule has 2 fully saturated rings. The summed E-state index contributed by atoms with van der Waals surface area (Å²) in [6, 6.07) is 0. The Kier molecular flexibility index (Phi) is 3.08. The van der Waals surface area contributed by atoms with Gasteiger partial charge in [-0.1, -0.05) is 28.8 Å². The normalized spacial score (nSPS) is 27.8. The molecule has 1 aliphatic heterocycles. The van der Waals surface area contributed by atoms with Crippen molar-refractivity contribution in [3.05, 3.63) is 0 Å². The first kappa shape index (κ1) is 9.01. The fourth-order valence-corrected chi connectivity index (χ4v) is 2.31. The fraction of sp³-hybridized carbons (Fsp3) is 1.00. The molecular weight excluding hydrogens is 214 g/mol. The molecule has 0 aromatic carbocycles. The summed E-state index contributed by atoms with van der Waals surface area (Å²) in [6.07, 6.45) is 7.19. The molecule has 0 atom stereocenters. The van der Waals surface area contributed by atoms with Gasteiger partial charge in [0.05, 0.1) is 0 Å². The van der Waals surface area contributed by atoms with Crippen LogP contribution in [0.25, 0.3) is 0 Å². The minimum atomic E-state index is 0.801. The van der Waals surface area contributed by atoms with Gasteiger partial charge in [-0.2, -0.15) is 0 Å². The van der Waals surface area contributed by atoms with Crippen molar-refractivity contribution in [1.82, 2.24) is 4.90 Å². The second-order valence-corrected chi connectivity index (χ2v) is 5.54. The fourth-order valence-electron chi connectivity index (χ4n) is 1.90. The van der Waals surface area contributed by atoms with Gasteiger partial charge in [0.15, 0.2) is 0 Å². The lowest BCUT2D eigenvalue weighted by atomic mass is 10.1. The van der Waals surface area contributed by atoms with Crippen molar-refractivity contribution in [3.8, 4) is 0 Å². The van der Waals surface area contributed by atoms with Crippen molar-refractivity contribution in [2.24, 2.45) is 5.92 Å². The van der Waals surface area contributed by atoms with Crippen molar-refractivity contribution in [2.45, 2.75) is 36.9 Å². The number of hydrogen-bond acceptors (Lipinski definition) is 1. The molecule has 2 rings (SSSR count). The third kappa shape index (κ3) is 2.74.